The highest BCUT2D eigenvalue weighted by Crippen LogP contribution is 2.33. The Morgan fingerprint density at radius 1 is 0.846 bits per heavy atom. The summed E-state index contributed by atoms with van der Waals surface area (Å²) in [4.78, 5) is 0. The molecule has 0 spiro atoms. The average molecular weight is 170 g/mol. The van der Waals surface area contributed by atoms with Crippen molar-refractivity contribution in [3.63, 3.8) is 0 Å². The number of hydrogen-bond donors (Lipinski definition) is 0. The Morgan fingerprint density at radius 2 is 1.38 bits per heavy atom. The van der Waals surface area contributed by atoms with Crippen molar-refractivity contribution in [2.75, 3.05) is 0 Å². The van der Waals surface area contributed by atoms with Crippen LogP contribution in [0.5, 0.6) is 0 Å². The smallest absolute Gasteiger partial charge is 0.0218 e. The lowest BCUT2D eigenvalue weighted by Gasteiger charge is -1.98. The van der Waals surface area contributed by atoms with Crippen LogP contribution in [-0.2, 0) is 0 Å². The summed E-state index contributed by atoms with van der Waals surface area (Å²) in [6.07, 6.45) is 9.12. The second-order valence-corrected chi connectivity index (χ2v) is 4.30. The number of fused-ring (bicyclic) bond motifs is 3. The molecule has 0 heteroatoms. The molecule has 0 saturated heterocycles. The first-order valence-corrected chi connectivity index (χ1v) is 5.20. The molecule has 2 aliphatic carbocycles. The summed E-state index contributed by atoms with van der Waals surface area (Å²) in [6.45, 7) is 0. The summed E-state index contributed by atoms with van der Waals surface area (Å²) in [7, 11) is 0. The van der Waals surface area contributed by atoms with Crippen LogP contribution in [0.2, 0.25) is 0 Å². The fourth-order valence-electron chi connectivity index (χ4n) is 2.68. The molecule has 0 radical (unpaired) electrons. The van der Waals surface area contributed by atoms with Crippen LogP contribution in [0.4, 0.5) is 0 Å². The fourth-order valence-corrected chi connectivity index (χ4v) is 2.68. The first kappa shape index (κ1) is 7.37. The third-order valence-corrected chi connectivity index (χ3v) is 3.34. The lowest BCUT2D eigenvalue weighted by molar-refractivity contribution is 0.688. The second kappa shape index (κ2) is 2.73. The molecule has 0 heterocycles. The molecule has 1 saturated carbocycles. The van der Waals surface area contributed by atoms with E-state index in [-0.39, 0.29) is 0 Å². The Bertz CT molecular complexity index is 387. The minimum atomic E-state index is 0.852. The Morgan fingerprint density at radius 3 is 1.92 bits per heavy atom. The van der Waals surface area contributed by atoms with Crippen molar-refractivity contribution in [3.8, 4) is 0 Å². The highest BCUT2D eigenvalue weighted by atomic mass is 14.3. The van der Waals surface area contributed by atoms with E-state index in [1.807, 2.05) is 0 Å². The minimum Gasteiger partial charge on any atom is -0.0735 e. The predicted octanol–water partition coefficient (Wildman–Crippen LogP) is 1.68. The lowest BCUT2D eigenvalue weighted by Crippen LogP contribution is -2.24. The van der Waals surface area contributed by atoms with E-state index in [0.29, 0.717) is 0 Å². The van der Waals surface area contributed by atoms with Gasteiger partial charge < -0.3 is 0 Å². The van der Waals surface area contributed by atoms with Gasteiger partial charge in [-0.1, -0.05) is 36.4 Å². The second-order valence-electron chi connectivity index (χ2n) is 4.30. The number of hydrogen-bond acceptors (Lipinski definition) is 0. The molecule has 13 heavy (non-hydrogen) atoms. The molecule has 2 aliphatic rings. The monoisotopic (exact) mass is 170 g/mol. The molecule has 0 nitrogen and oxygen atoms in total. The Hall–Kier alpha value is -1.04. The van der Waals surface area contributed by atoms with Crippen molar-refractivity contribution in [1.82, 2.24) is 0 Å². The SMILES string of the molecule is C1=c2ccccc2=CC2CCC1C2. The summed E-state index contributed by atoms with van der Waals surface area (Å²) in [6, 6.07) is 8.77. The Balaban J connectivity index is 2.31. The van der Waals surface area contributed by atoms with Crippen molar-refractivity contribution < 1.29 is 0 Å². The summed E-state index contributed by atoms with van der Waals surface area (Å²) in [5, 5.41) is 2.91. The summed E-state index contributed by atoms with van der Waals surface area (Å²) >= 11 is 0. The van der Waals surface area contributed by atoms with Crippen LogP contribution in [-0.4, -0.2) is 0 Å². The maximum Gasteiger partial charge on any atom is -0.0218 e. The third kappa shape index (κ3) is 1.21. The standard InChI is InChI=1S/C13H14/c1-2-4-13-9-11-6-5-10(7-11)8-12(13)3-1/h1-4,8-11H,5-7H2. The lowest BCUT2D eigenvalue weighted by atomic mass is 10.1. The predicted molar refractivity (Wildman–Crippen MR) is 55.5 cm³/mol. The highest BCUT2D eigenvalue weighted by molar-refractivity contribution is 5.40. The maximum atomic E-state index is 2.47. The molecule has 0 aromatic heterocycles. The van der Waals surface area contributed by atoms with Crippen molar-refractivity contribution in [2.24, 2.45) is 11.8 Å². The molecule has 0 amide bonds. The van der Waals surface area contributed by atoms with E-state index in [1.165, 1.54) is 29.7 Å². The van der Waals surface area contributed by atoms with Crippen LogP contribution >= 0.6 is 0 Å². The van der Waals surface area contributed by atoms with Gasteiger partial charge in [-0.15, -0.1) is 0 Å². The van der Waals surface area contributed by atoms with E-state index < -0.39 is 0 Å². The molecule has 1 aromatic carbocycles. The fraction of sp³-hybridized carbons (Fsp3) is 0.385. The molecule has 2 bridgehead atoms. The van der Waals surface area contributed by atoms with Gasteiger partial charge in [-0.25, -0.2) is 0 Å². The van der Waals surface area contributed by atoms with Crippen molar-refractivity contribution in [3.05, 3.63) is 34.7 Å². The molecular weight excluding hydrogens is 156 g/mol. The van der Waals surface area contributed by atoms with Crippen LogP contribution in [0, 0.1) is 11.8 Å². The molecule has 3 rings (SSSR count). The normalized spacial score (nSPS) is 29.8. The van der Waals surface area contributed by atoms with Gasteiger partial charge in [-0.2, -0.15) is 0 Å². The largest absolute Gasteiger partial charge is 0.0735 e. The van der Waals surface area contributed by atoms with E-state index >= 15 is 0 Å². The highest BCUT2D eigenvalue weighted by Gasteiger charge is 2.22. The van der Waals surface area contributed by atoms with Crippen LogP contribution in [0.1, 0.15) is 19.3 Å². The summed E-state index contributed by atoms with van der Waals surface area (Å²) in [5.41, 5.74) is 0. The zero-order chi connectivity index (χ0) is 8.67. The first-order chi connectivity index (χ1) is 6.42. The summed E-state index contributed by atoms with van der Waals surface area (Å²) in [5.74, 6) is 1.70. The molecule has 66 valence electrons. The first-order valence-electron chi connectivity index (χ1n) is 5.20. The van der Waals surface area contributed by atoms with Crippen LogP contribution in [0.15, 0.2) is 24.3 Å². The van der Waals surface area contributed by atoms with Gasteiger partial charge in [0.25, 0.3) is 0 Å². The molecule has 1 fully saturated rings. The zero-order valence-electron chi connectivity index (χ0n) is 7.74. The minimum absolute atomic E-state index is 0.852. The van der Waals surface area contributed by atoms with Gasteiger partial charge in [0.1, 0.15) is 0 Å². The molecule has 2 atom stereocenters. The van der Waals surface area contributed by atoms with Gasteiger partial charge in [-0.05, 0) is 41.5 Å². The quantitative estimate of drug-likeness (QED) is 0.555. The van der Waals surface area contributed by atoms with Crippen molar-refractivity contribution in [2.45, 2.75) is 19.3 Å². The van der Waals surface area contributed by atoms with E-state index in [4.69, 9.17) is 0 Å². The molecule has 0 N–H and O–H groups in total. The maximum absolute atomic E-state index is 2.47. The third-order valence-electron chi connectivity index (χ3n) is 3.34. The van der Waals surface area contributed by atoms with Crippen molar-refractivity contribution in [1.29, 1.82) is 0 Å². The Kier molecular flexibility index (Phi) is 1.55. The van der Waals surface area contributed by atoms with Gasteiger partial charge in [-0.3, -0.25) is 0 Å². The van der Waals surface area contributed by atoms with Gasteiger partial charge in [0.15, 0.2) is 0 Å². The van der Waals surface area contributed by atoms with E-state index in [1.54, 1.807) is 0 Å². The molecule has 0 aliphatic heterocycles. The van der Waals surface area contributed by atoms with Crippen LogP contribution < -0.4 is 10.4 Å². The number of rotatable bonds is 0. The van der Waals surface area contributed by atoms with E-state index in [9.17, 15) is 0 Å². The molecule has 1 aromatic rings. The summed E-state index contributed by atoms with van der Waals surface area (Å²) < 4.78 is 0. The van der Waals surface area contributed by atoms with Crippen LogP contribution in [0.25, 0.3) is 12.2 Å². The number of benzene rings is 1. The van der Waals surface area contributed by atoms with Crippen molar-refractivity contribution >= 4 is 12.2 Å². The van der Waals surface area contributed by atoms with E-state index in [2.05, 4.69) is 36.4 Å². The molecule has 2 unspecified atom stereocenters. The van der Waals surface area contributed by atoms with Gasteiger partial charge >= 0.3 is 0 Å². The Labute approximate surface area is 78.6 Å². The van der Waals surface area contributed by atoms with Gasteiger partial charge in [0, 0.05) is 0 Å². The topological polar surface area (TPSA) is 0 Å². The molecular formula is C13H14. The van der Waals surface area contributed by atoms with Gasteiger partial charge in [0.05, 0.1) is 0 Å². The average Bonchev–Trinajstić information content (AvgIpc) is 2.48. The van der Waals surface area contributed by atoms with E-state index in [0.717, 1.165) is 11.8 Å². The van der Waals surface area contributed by atoms with Crippen LogP contribution in [0.3, 0.4) is 0 Å². The van der Waals surface area contributed by atoms with Gasteiger partial charge in [0.2, 0.25) is 0 Å². The zero-order valence-corrected chi connectivity index (χ0v) is 7.74.